The number of esters is 1. The van der Waals surface area contributed by atoms with Crippen molar-refractivity contribution in [2.75, 3.05) is 31.2 Å². The number of ether oxygens (including phenoxy) is 2. The van der Waals surface area contributed by atoms with Gasteiger partial charge in [0.25, 0.3) is 0 Å². The summed E-state index contributed by atoms with van der Waals surface area (Å²) in [7, 11) is 0. The molecule has 1 aliphatic rings. The van der Waals surface area contributed by atoms with Gasteiger partial charge in [-0.25, -0.2) is 14.2 Å². The normalized spacial score (nSPS) is 17.6. The molecule has 0 saturated carbocycles. The van der Waals surface area contributed by atoms with Crippen LogP contribution in [0.2, 0.25) is 5.15 Å². The Kier molecular flexibility index (Phi) is 5.98. The summed E-state index contributed by atoms with van der Waals surface area (Å²) in [5.41, 5.74) is -2.03. The quantitative estimate of drug-likeness (QED) is 0.753. The standard InChI is InChI=1S/C16H23ClFN3O3/c1-15(2,3)24-14(22)10-23-11-16(18)4-6-21(7-5-16)13-9-19-8-12(17)20-13/h8-9H,4-7,10-11H2,1-3H3. The number of halogens is 2. The van der Waals surface area contributed by atoms with Crippen LogP contribution in [0.15, 0.2) is 12.4 Å². The number of carbonyl (C=O) groups is 1. The highest BCUT2D eigenvalue weighted by Crippen LogP contribution is 2.29. The molecule has 1 fully saturated rings. The fourth-order valence-electron chi connectivity index (χ4n) is 2.45. The molecule has 0 aromatic carbocycles. The minimum atomic E-state index is -1.45. The number of hydrogen-bond donors (Lipinski definition) is 0. The van der Waals surface area contributed by atoms with Gasteiger partial charge in [-0.05, 0) is 20.8 Å². The molecule has 1 aromatic heterocycles. The van der Waals surface area contributed by atoms with Crippen LogP contribution in [-0.2, 0) is 14.3 Å². The van der Waals surface area contributed by atoms with Gasteiger partial charge in [0.2, 0.25) is 0 Å². The van der Waals surface area contributed by atoms with Crippen LogP contribution in [0.25, 0.3) is 0 Å². The highest BCUT2D eigenvalue weighted by molar-refractivity contribution is 6.29. The molecule has 2 rings (SSSR count). The Hall–Kier alpha value is -1.47. The molecule has 0 bridgehead atoms. The molecular formula is C16H23ClFN3O3. The number of hydrogen-bond acceptors (Lipinski definition) is 6. The fraction of sp³-hybridized carbons (Fsp3) is 0.688. The molecule has 6 nitrogen and oxygen atoms in total. The SMILES string of the molecule is CC(C)(C)OC(=O)COCC1(F)CCN(c2cncc(Cl)n2)CC1. The van der Waals surface area contributed by atoms with Crippen LogP contribution in [0.4, 0.5) is 10.2 Å². The number of nitrogens with zero attached hydrogens (tertiary/aromatic N) is 3. The molecule has 134 valence electrons. The van der Waals surface area contributed by atoms with Crippen molar-refractivity contribution in [3.8, 4) is 0 Å². The molecule has 8 heteroatoms. The van der Waals surface area contributed by atoms with Crippen LogP contribution in [0, 0.1) is 0 Å². The van der Waals surface area contributed by atoms with Gasteiger partial charge >= 0.3 is 5.97 Å². The molecule has 0 aliphatic carbocycles. The van der Waals surface area contributed by atoms with E-state index < -0.39 is 17.2 Å². The van der Waals surface area contributed by atoms with Gasteiger partial charge in [0.05, 0.1) is 19.0 Å². The van der Waals surface area contributed by atoms with E-state index in [1.165, 1.54) is 6.20 Å². The Labute approximate surface area is 146 Å². The van der Waals surface area contributed by atoms with Gasteiger partial charge in [-0.3, -0.25) is 4.98 Å². The number of rotatable bonds is 5. The second-order valence-electron chi connectivity index (χ2n) is 6.92. The Morgan fingerprint density at radius 3 is 2.62 bits per heavy atom. The average molecular weight is 360 g/mol. The van der Waals surface area contributed by atoms with Gasteiger partial charge in [0.1, 0.15) is 28.8 Å². The third-order valence-corrected chi connectivity index (χ3v) is 3.76. The molecule has 1 aliphatic heterocycles. The molecule has 24 heavy (non-hydrogen) atoms. The first-order valence-corrected chi connectivity index (χ1v) is 8.26. The molecule has 0 spiro atoms. The monoisotopic (exact) mass is 359 g/mol. The van der Waals surface area contributed by atoms with Crippen LogP contribution in [0.5, 0.6) is 0 Å². The Balaban J connectivity index is 1.77. The Morgan fingerprint density at radius 1 is 1.38 bits per heavy atom. The van der Waals surface area contributed by atoms with E-state index in [2.05, 4.69) is 9.97 Å². The summed E-state index contributed by atoms with van der Waals surface area (Å²) in [5.74, 6) is 0.150. The summed E-state index contributed by atoms with van der Waals surface area (Å²) in [5, 5.41) is 0.310. The smallest absolute Gasteiger partial charge is 0.332 e. The molecule has 1 saturated heterocycles. The van der Waals surface area contributed by atoms with E-state index in [4.69, 9.17) is 21.1 Å². The number of anilines is 1. The zero-order chi connectivity index (χ0) is 17.8. The summed E-state index contributed by atoms with van der Waals surface area (Å²) in [4.78, 5) is 21.7. The lowest BCUT2D eigenvalue weighted by Crippen LogP contribution is -2.45. The Bertz CT molecular complexity index is 572. The fourth-order valence-corrected chi connectivity index (χ4v) is 2.60. The summed E-state index contributed by atoms with van der Waals surface area (Å²) in [6, 6.07) is 0. The first-order chi connectivity index (χ1) is 11.2. The second-order valence-corrected chi connectivity index (χ2v) is 7.30. The van der Waals surface area contributed by atoms with Crippen LogP contribution >= 0.6 is 11.6 Å². The number of piperidine rings is 1. The lowest BCUT2D eigenvalue weighted by atomic mass is 9.94. The molecule has 0 radical (unpaired) electrons. The largest absolute Gasteiger partial charge is 0.458 e. The molecule has 0 unspecified atom stereocenters. The van der Waals surface area contributed by atoms with Crippen molar-refractivity contribution in [2.24, 2.45) is 0 Å². The third-order valence-electron chi connectivity index (χ3n) is 3.58. The third kappa shape index (κ3) is 5.87. The van der Waals surface area contributed by atoms with E-state index >= 15 is 0 Å². The van der Waals surface area contributed by atoms with E-state index in [1.54, 1.807) is 27.0 Å². The molecule has 1 aromatic rings. The predicted molar refractivity (Wildman–Crippen MR) is 89.0 cm³/mol. The van der Waals surface area contributed by atoms with Crippen LogP contribution in [-0.4, -0.2) is 53.5 Å². The second kappa shape index (κ2) is 7.61. The molecule has 0 amide bonds. The van der Waals surface area contributed by atoms with E-state index in [0.717, 1.165) is 0 Å². The maximum Gasteiger partial charge on any atom is 0.332 e. The maximum atomic E-state index is 14.8. The van der Waals surface area contributed by atoms with Crippen molar-refractivity contribution in [2.45, 2.75) is 44.9 Å². The highest BCUT2D eigenvalue weighted by atomic mass is 35.5. The van der Waals surface area contributed by atoms with E-state index in [0.29, 0.717) is 24.1 Å². The van der Waals surface area contributed by atoms with E-state index in [9.17, 15) is 9.18 Å². The first kappa shape index (κ1) is 18.9. The molecule has 0 N–H and O–H groups in total. The lowest BCUT2D eigenvalue weighted by Gasteiger charge is -2.36. The minimum absolute atomic E-state index is 0.124. The van der Waals surface area contributed by atoms with E-state index in [-0.39, 0.29) is 26.1 Å². The summed E-state index contributed by atoms with van der Waals surface area (Å²) in [6.07, 6.45) is 3.64. The molecule has 0 atom stereocenters. The van der Waals surface area contributed by atoms with Crippen molar-refractivity contribution >= 4 is 23.4 Å². The van der Waals surface area contributed by atoms with Gasteiger partial charge in [-0.2, -0.15) is 0 Å². The van der Waals surface area contributed by atoms with Crippen molar-refractivity contribution < 1.29 is 18.7 Å². The molecule has 2 heterocycles. The maximum absolute atomic E-state index is 14.8. The van der Waals surface area contributed by atoms with Gasteiger partial charge < -0.3 is 14.4 Å². The average Bonchev–Trinajstić information content (AvgIpc) is 2.46. The van der Waals surface area contributed by atoms with Crippen molar-refractivity contribution in [3.63, 3.8) is 0 Å². The van der Waals surface area contributed by atoms with Gasteiger partial charge in [-0.15, -0.1) is 0 Å². The molecular weight excluding hydrogens is 337 g/mol. The van der Waals surface area contributed by atoms with Gasteiger partial charge in [-0.1, -0.05) is 11.6 Å². The number of alkyl halides is 1. The van der Waals surface area contributed by atoms with Crippen molar-refractivity contribution in [1.82, 2.24) is 9.97 Å². The number of aromatic nitrogens is 2. The summed E-state index contributed by atoms with van der Waals surface area (Å²) < 4.78 is 25.1. The van der Waals surface area contributed by atoms with Crippen LogP contribution < -0.4 is 4.90 Å². The summed E-state index contributed by atoms with van der Waals surface area (Å²) in [6.45, 7) is 5.93. The Morgan fingerprint density at radius 2 is 2.04 bits per heavy atom. The zero-order valence-electron chi connectivity index (χ0n) is 14.2. The van der Waals surface area contributed by atoms with E-state index in [1.807, 2.05) is 4.90 Å². The number of carbonyl (C=O) groups excluding carboxylic acids is 1. The lowest BCUT2D eigenvalue weighted by molar-refractivity contribution is -0.161. The predicted octanol–water partition coefficient (Wildman–Crippen LogP) is 2.80. The van der Waals surface area contributed by atoms with Crippen molar-refractivity contribution in [1.29, 1.82) is 0 Å². The van der Waals surface area contributed by atoms with Gasteiger partial charge in [0, 0.05) is 25.9 Å². The minimum Gasteiger partial charge on any atom is -0.458 e. The highest BCUT2D eigenvalue weighted by Gasteiger charge is 2.35. The van der Waals surface area contributed by atoms with Crippen LogP contribution in [0.3, 0.4) is 0 Å². The van der Waals surface area contributed by atoms with Gasteiger partial charge in [0.15, 0.2) is 0 Å². The summed E-state index contributed by atoms with van der Waals surface area (Å²) >= 11 is 5.83. The van der Waals surface area contributed by atoms with Crippen LogP contribution in [0.1, 0.15) is 33.6 Å². The zero-order valence-corrected chi connectivity index (χ0v) is 15.0. The first-order valence-electron chi connectivity index (χ1n) is 7.88. The van der Waals surface area contributed by atoms with Crippen molar-refractivity contribution in [3.05, 3.63) is 17.5 Å². The topological polar surface area (TPSA) is 64.6 Å².